The van der Waals surface area contributed by atoms with E-state index in [0.717, 1.165) is 38.7 Å². The van der Waals surface area contributed by atoms with Crippen LogP contribution in [-0.4, -0.2) is 23.1 Å². The first-order chi connectivity index (χ1) is 17.7. The van der Waals surface area contributed by atoms with Gasteiger partial charge in [-0.05, 0) is 68.0 Å². The highest BCUT2D eigenvalue weighted by atomic mass is 32.1. The Balaban J connectivity index is 1.82. The Labute approximate surface area is 222 Å². The molecule has 6 heteroatoms. The van der Waals surface area contributed by atoms with Gasteiger partial charge in [0.05, 0.1) is 6.61 Å². The molecule has 0 saturated carbocycles. The molecule has 2 aromatic heterocycles. The largest absolute Gasteiger partial charge is 0.462 e. The Morgan fingerprint density at radius 3 is 2.51 bits per heavy atom. The molecular formula is C31H34N2O3S. The molecule has 0 spiro atoms. The number of benzene rings is 2. The number of hydrogen-bond acceptors (Lipinski definition) is 4. The molecule has 4 rings (SSSR count). The number of nitrogens with zero attached hydrogens (tertiary/aromatic N) is 1. The topological polar surface area (TPSA) is 60.3 Å². The molecule has 0 aliphatic heterocycles. The third-order valence-corrected chi connectivity index (χ3v) is 7.60. The van der Waals surface area contributed by atoms with Crippen molar-refractivity contribution in [1.82, 2.24) is 4.57 Å². The normalized spacial score (nSPS) is 11.2. The molecule has 0 saturated heterocycles. The lowest BCUT2D eigenvalue weighted by molar-refractivity contribution is 0.0529. The van der Waals surface area contributed by atoms with E-state index in [2.05, 4.69) is 50.0 Å². The Morgan fingerprint density at radius 1 is 1.11 bits per heavy atom. The number of amides is 1. The standard InChI is InChI=1S/C31H34N2O3S/c1-8-14-33-26-13-11-22(18(3)4)16-24(26)21(7)28(33)29(34)32-30-27(31(35)36-9-2)25(17-37-30)23-12-10-19(5)15-20(23)6/h8,10-13,15-18H,1,9,14H2,2-7H3,(H,32,34). The number of allylic oxidation sites excluding steroid dienone is 1. The number of esters is 1. The second-order valence-electron chi connectivity index (χ2n) is 9.65. The van der Waals surface area contributed by atoms with Crippen LogP contribution < -0.4 is 5.32 Å². The van der Waals surface area contributed by atoms with Crippen molar-refractivity contribution in [1.29, 1.82) is 0 Å². The number of fused-ring (bicyclic) bond motifs is 1. The molecule has 1 N–H and O–H groups in total. The van der Waals surface area contributed by atoms with Gasteiger partial charge in [-0.1, -0.05) is 49.8 Å². The minimum Gasteiger partial charge on any atom is -0.462 e. The van der Waals surface area contributed by atoms with Crippen LogP contribution in [0.3, 0.4) is 0 Å². The smallest absolute Gasteiger partial charge is 0.341 e. The van der Waals surface area contributed by atoms with Crippen LogP contribution in [-0.2, 0) is 11.3 Å². The van der Waals surface area contributed by atoms with Gasteiger partial charge < -0.3 is 14.6 Å². The third-order valence-electron chi connectivity index (χ3n) is 6.70. The minimum atomic E-state index is -0.445. The fourth-order valence-electron chi connectivity index (χ4n) is 4.84. The molecule has 2 aromatic carbocycles. The maximum Gasteiger partial charge on any atom is 0.341 e. The van der Waals surface area contributed by atoms with Gasteiger partial charge in [-0.3, -0.25) is 4.79 Å². The molecule has 192 valence electrons. The van der Waals surface area contributed by atoms with Gasteiger partial charge in [0.1, 0.15) is 16.3 Å². The van der Waals surface area contributed by atoms with Crippen LogP contribution in [0, 0.1) is 20.8 Å². The van der Waals surface area contributed by atoms with Gasteiger partial charge in [-0.25, -0.2) is 4.79 Å². The van der Waals surface area contributed by atoms with Gasteiger partial charge in [-0.15, -0.1) is 17.9 Å². The number of anilines is 1. The second-order valence-corrected chi connectivity index (χ2v) is 10.5. The first kappa shape index (κ1) is 26.4. The van der Waals surface area contributed by atoms with Crippen LogP contribution in [0.15, 0.2) is 54.4 Å². The average Bonchev–Trinajstić information content (AvgIpc) is 3.38. The van der Waals surface area contributed by atoms with Crippen molar-refractivity contribution in [3.63, 3.8) is 0 Å². The number of aromatic nitrogens is 1. The van der Waals surface area contributed by atoms with Gasteiger partial charge in [0.25, 0.3) is 5.91 Å². The Kier molecular flexibility index (Phi) is 7.69. The molecule has 0 radical (unpaired) electrons. The quantitative estimate of drug-likeness (QED) is 0.191. The zero-order valence-electron chi connectivity index (χ0n) is 22.4. The van der Waals surface area contributed by atoms with Crippen LogP contribution >= 0.6 is 11.3 Å². The summed E-state index contributed by atoms with van der Waals surface area (Å²) in [5.74, 6) is -0.328. The van der Waals surface area contributed by atoms with E-state index < -0.39 is 5.97 Å². The monoisotopic (exact) mass is 514 g/mol. The van der Waals surface area contributed by atoms with Crippen molar-refractivity contribution in [2.75, 3.05) is 11.9 Å². The van der Waals surface area contributed by atoms with E-state index in [0.29, 0.717) is 28.7 Å². The van der Waals surface area contributed by atoms with Crippen molar-refractivity contribution in [3.05, 3.63) is 87.9 Å². The summed E-state index contributed by atoms with van der Waals surface area (Å²) < 4.78 is 7.39. The zero-order chi connectivity index (χ0) is 26.9. The van der Waals surface area contributed by atoms with E-state index in [1.807, 2.05) is 42.9 Å². The number of thiophene rings is 1. The summed E-state index contributed by atoms with van der Waals surface area (Å²) in [6.07, 6.45) is 1.79. The first-order valence-electron chi connectivity index (χ1n) is 12.6. The Hall–Kier alpha value is -3.64. The lowest BCUT2D eigenvalue weighted by Gasteiger charge is -2.12. The van der Waals surface area contributed by atoms with Crippen molar-refractivity contribution in [2.45, 2.75) is 54.0 Å². The molecule has 37 heavy (non-hydrogen) atoms. The predicted octanol–water partition coefficient (Wildman–Crippen LogP) is 8.03. The summed E-state index contributed by atoms with van der Waals surface area (Å²) >= 11 is 1.34. The van der Waals surface area contributed by atoms with Gasteiger partial charge in [0.15, 0.2) is 0 Å². The average molecular weight is 515 g/mol. The molecule has 0 fully saturated rings. The van der Waals surface area contributed by atoms with E-state index in [9.17, 15) is 9.59 Å². The summed E-state index contributed by atoms with van der Waals surface area (Å²) in [6.45, 7) is 16.8. The van der Waals surface area contributed by atoms with Crippen LogP contribution in [0.25, 0.3) is 22.0 Å². The van der Waals surface area contributed by atoms with Crippen molar-refractivity contribution >= 4 is 39.1 Å². The molecule has 0 atom stereocenters. The molecule has 2 heterocycles. The first-order valence-corrected chi connectivity index (χ1v) is 13.5. The number of nitrogens with one attached hydrogen (secondary N) is 1. The highest BCUT2D eigenvalue weighted by Gasteiger charge is 2.26. The summed E-state index contributed by atoms with van der Waals surface area (Å²) in [5.41, 5.74) is 7.98. The zero-order valence-corrected chi connectivity index (χ0v) is 23.2. The third kappa shape index (κ3) is 4.98. The van der Waals surface area contributed by atoms with E-state index >= 15 is 0 Å². The molecule has 0 aliphatic rings. The van der Waals surface area contributed by atoms with Gasteiger partial charge in [0.2, 0.25) is 0 Å². The van der Waals surface area contributed by atoms with E-state index in [1.54, 1.807) is 13.0 Å². The predicted molar refractivity (Wildman–Crippen MR) is 154 cm³/mol. The maximum atomic E-state index is 13.8. The molecule has 5 nitrogen and oxygen atoms in total. The molecule has 4 aromatic rings. The number of hydrogen-bond donors (Lipinski definition) is 1. The van der Waals surface area contributed by atoms with Crippen molar-refractivity contribution in [3.8, 4) is 11.1 Å². The molecule has 0 aliphatic carbocycles. The van der Waals surface area contributed by atoms with Crippen LogP contribution in [0.5, 0.6) is 0 Å². The number of carbonyl (C=O) groups excluding carboxylic acids is 2. The number of ether oxygens (including phenoxy) is 1. The van der Waals surface area contributed by atoms with Crippen molar-refractivity contribution < 1.29 is 14.3 Å². The summed E-state index contributed by atoms with van der Waals surface area (Å²) in [6, 6.07) is 12.5. The number of aryl methyl sites for hydroxylation is 3. The second kappa shape index (κ2) is 10.8. The lowest BCUT2D eigenvalue weighted by Crippen LogP contribution is -2.19. The highest BCUT2D eigenvalue weighted by Crippen LogP contribution is 2.39. The van der Waals surface area contributed by atoms with Gasteiger partial charge in [-0.2, -0.15) is 0 Å². The fourth-order valence-corrected chi connectivity index (χ4v) is 5.79. The summed E-state index contributed by atoms with van der Waals surface area (Å²) in [4.78, 5) is 26.9. The number of carbonyl (C=O) groups is 2. The van der Waals surface area contributed by atoms with Gasteiger partial charge in [0, 0.05) is 28.4 Å². The highest BCUT2D eigenvalue weighted by molar-refractivity contribution is 7.15. The summed E-state index contributed by atoms with van der Waals surface area (Å²) in [7, 11) is 0. The van der Waals surface area contributed by atoms with E-state index in [4.69, 9.17) is 4.74 Å². The molecule has 1 amide bonds. The van der Waals surface area contributed by atoms with Crippen LogP contribution in [0.1, 0.15) is 69.8 Å². The lowest BCUT2D eigenvalue weighted by atomic mass is 9.97. The molecular weight excluding hydrogens is 480 g/mol. The maximum absolute atomic E-state index is 13.8. The molecule has 0 bridgehead atoms. The van der Waals surface area contributed by atoms with E-state index in [1.165, 1.54) is 16.9 Å². The Morgan fingerprint density at radius 2 is 1.86 bits per heavy atom. The SMILES string of the molecule is C=CCn1c(C(=O)Nc2scc(-c3ccc(C)cc3C)c2C(=O)OCC)c(C)c2cc(C(C)C)ccc21. The number of rotatable bonds is 8. The van der Waals surface area contributed by atoms with Crippen LogP contribution in [0.2, 0.25) is 0 Å². The fraction of sp³-hybridized carbons (Fsp3) is 0.290. The summed E-state index contributed by atoms with van der Waals surface area (Å²) in [5, 5.41) is 6.50. The Bertz CT molecular complexity index is 1510. The van der Waals surface area contributed by atoms with Crippen LogP contribution in [0.4, 0.5) is 5.00 Å². The molecule has 0 unspecified atom stereocenters. The van der Waals surface area contributed by atoms with Crippen molar-refractivity contribution in [2.24, 2.45) is 0 Å². The van der Waals surface area contributed by atoms with E-state index in [-0.39, 0.29) is 12.5 Å². The van der Waals surface area contributed by atoms with Gasteiger partial charge >= 0.3 is 5.97 Å². The minimum absolute atomic E-state index is 0.249.